The van der Waals surface area contributed by atoms with E-state index in [0.29, 0.717) is 13.1 Å². The number of fused-ring (bicyclic) bond motifs is 1. The smallest absolute Gasteiger partial charge is 0.410 e. The van der Waals surface area contributed by atoms with Crippen LogP contribution in [0.3, 0.4) is 0 Å². The zero-order valence-electron chi connectivity index (χ0n) is 15.3. The molecule has 0 saturated heterocycles. The number of hydrogen-bond acceptors (Lipinski definition) is 5. The Hall–Kier alpha value is -1.95. The van der Waals surface area contributed by atoms with Crippen LogP contribution in [0.5, 0.6) is 11.5 Å². The molecule has 6 heteroatoms. The molecule has 1 aromatic carbocycles. The van der Waals surface area contributed by atoms with Gasteiger partial charge in [-0.2, -0.15) is 0 Å². The molecule has 6 nitrogen and oxygen atoms in total. The van der Waals surface area contributed by atoms with Crippen LogP contribution in [0.25, 0.3) is 0 Å². The molecule has 0 atom stereocenters. The average molecular weight is 336 g/mol. The minimum atomic E-state index is -0.508. The third kappa shape index (κ3) is 5.60. The van der Waals surface area contributed by atoms with Crippen molar-refractivity contribution in [1.29, 1.82) is 0 Å². The fraction of sp³-hybridized carbons (Fsp3) is 0.611. The summed E-state index contributed by atoms with van der Waals surface area (Å²) in [7, 11) is 4.05. The standard InChI is InChI=1S/C18H28N2O4/c1-18(2,3)24-17(21)20(10-6-9-19(4)5)12-14-7-8-15-16(11-14)23-13-22-15/h7-8,11H,6,9-10,12-13H2,1-5H3. The number of hydrogen-bond donors (Lipinski definition) is 0. The number of ether oxygens (including phenoxy) is 3. The van der Waals surface area contributed by atoms with E-state index in [2.05, 4.69) is 4.90 Å². The zero-order valence-corrected chi connectivity index (χ0v) is 15.3. The van der Waals surface area contributed by atoms with Gasteiger partial charge in [0.05, 0.1) is 0 Å². The molecule has 0 bridgehead atoms. The lowest BCUT2D eigenvalue weighted by molar-refractivity contribution is 0.0228. The Morgan fingerprint density at radius 1 is 1.17 bits per heavy atom. The van der Waals surface area contributed by atoms with E-state index in [1.54, 1.807) is 4.90 Å². The highest BCUT2D eigenvalue weighted by Gasteiger charge is 2.23. The maximum Gasteiger partial charge on any atom is 0.410 e. The van der Waals surface area contributed by atoms with Crippen LogP contribution in [0, 0.1) is 0 Å². The van der Waals surface area contributed by atoms with E-state index in [0.717, 1.165) is 30.0 Å². The van der Waals surface area contributed by atoms with Gasteiger partial charge in [-0.1, -0.05) is 6.07 Å². The van der Waals surface area contributed by atoms with E-state index >= 15 is 0 Å². The molecule has 1 aliphatic heterocycles. The minimum Gasteiger partial charge on any atom is -0.454 e. The molecule has 0 N–H and O–H groups in total. The van der Waals surface area contributed by atoms with Crippen molar-refractivity contribution < 1.29 is 19.0 Å². The van der Waals surface area contributed by atoms with E-state index in [1.165, 1.54) is 0 Å². The molecule has 2 rings (SSSR count). The fourth-order valence-electron chi connectivity index (χ4n) is 2.40. The van der Waals surface area contributed by atoms with Crippen molar-refractivity contribution in [3.8, 4) is 11.5 Å². The number of rotatable bonds is 6. The maximum atomic E-state index is 12.5. The summed E-state index contributed by atoms with van der Waals surface area (Å²) < 4.78 is 16.3. The molecular formula is C18H28N2O4. The maximum absolute atomic E-state index is 12.5. The van der Waals surface area contributed by atoms with Gasteiger partial charge in [0, 0.05) is 13.1 Å². The van der Waals surface area contributed by atoms with Crippen molar-refractivity contribution in [3.05, 3.63) is 23.8 Å². The Morgan fingerprint density at radius 3 is 2.54 bits per heavy atom. The van der Waals surface area contributed by atoms with Gasteiger partial charge in [-0.3, -0.25) is 0 Å². The molecule has 0 saturated carbocycles. The highest BCUT2D eigenvalue weighted by Crippen LogP contribution is 2.32. The molecule has 0 unspecified atom stereocenters. The minimum absolute atomic E-state index is 0.247. The van der Waals surface area contributed by atoms with Gasteiger partial charge in [-0.25, -0.2) is 4.79 Å². The first-order chi connectivity index (χ1) is 11.2. The summed E-state index contributed by atoms with van der Waals surface area (Å²) in [5.74, 6) is 1.47. The third-order valence-corrected chi connectivity index (χ3v) is 3.50. The summed E-state index contributed by atoms with van der Waals surface area (Å²) in [6, 6.07) is 5.76. The van der Waals surface area contributed by atoms with Gasteiger partial charge >= 0.3 is 6.09 Å². The van der Waals surface area contributed by atoms with Crippen LogP contribution in [0.15, 0.2) is 18.2 Å². The molecular weight excluding hydrogens is 308 g/mol. The average Bonchev–Trinajstić information content (AvgIpc) is 2.91. The highest BCUT2D eigenvalue weighted by molar-refractivity contribution is 5.68. The molecule has 1 aliphatic rings. The van der Waals surface area contributed by atoms with Gasteiger partial charge < -0.3 is 24.0 Å². The van der Waals surface area contributed by atoms with Gasteiger partial charge in [0.1, 0.15) is 5.60 Å². The van der Waals surface area contributed by atoms with Crippen molar-refractivity contribution in [2.24, 2.45) is 0 Å². The van der Waals surface area contributed by atoms with Crippen molar-refractivity contribution in [1.82, 2.24) is 9.80 Å². The Labute approximate surface area is 144 Å². The predicted molar refractivity (Wildman–Crippen MR) is 92.4 cm³/mol. The van der Waals surface area contributed by atoms with Crippen molar-refractivity contribution in [2.45, 2.75) is 39.3 Å². The first-order valence-corrected chi connectivity index (χ1v) is 8.26. The Bertz CT molecular complexity index is 567. The van der Waals surface area contributed by atoms with Crippen LogP contribution in [-0.2, 0) is 11.3 Å². The van der Waals surface area contributed by atoms with E-state index in [4.69, 9.17) is 14.2 Å². The van der Waals surface area contributed by atoms with Crippen LogP contribution >= 0.6 is 0 Å². The van der Waals surface area contributed by atoms with Crippen LogP contribution in [-0.4, -0.2) is 55.5 Å². The van der Waals surface area contributed by atoms with Crippen molar-refractivity contribution in [2.75, 3.05) is 34.0 Å². The van der Waals surface area contributed by atoms with Gasteiger partial charge in [-0.05, 0) is 65.5 Å². The summed E-state index contributed by atoms with van der Waals surface area (Å²) in [5, 5.41) is 0. The second kappa shape index (κ2) is 7.75. The summed E-state index contributed by atoms with van der Waals surface area (Å²) in [6.45, 7) is 7.93. The van der Waals surface area contributed by atoms with Gasteiger partial charge in [0.2, 0.25) is 6.79 Å². The largest absolute Gasteiger partial charge is 0.454 e. The molecule has 0 radical (unpaired) electrons. The van der Waals surface area contributed by atoms with Crippen LogP contribution in [0.4, 0.5) is 4.79 Å². The van der Waals surface area contributed by atoms with E-state index in [1.807, 2.05) is 53.1 Å². The fourth-order valence-corrected chi connectivity index (χ4v) is 2.40. The summed E-state index contributed by atoms with van der Waals surface area (Å²) in [4.78, 5) is 16.4. The lowest BCUT2D eigenvalue weighted by atomic mass is 10.2. The summed E-state index contributed by atoms with van der Waals surface area (Å²) >= 11 is 0. The van der Waals surface area contributed by atoms with Crippen LogP contribution in [0.1, 0.15) is 32.8 Å². The lowest BCUT2D eigenvalue weighted by Gasteiger charge is -2.28. The first-order valence-electron chi connectivity index (χ1n) is 8.26. The van der Waals surface area contributed by atoms with Crippen LogP contribution in [0.2, 0.25) is 0 Å². The second-order valence-electron chi connectivity index (χ2n) is 7.25. The predicted octanol–water partition coefficient (Wildman–Crippen LogP) is 3.10. The van der Waals surface area contributed by atoms with Crippen LogP contribution < -0.4 is 9.47 Å². The number of carbonyl (C=O) groups is 1. The topological polar surface area (TPSA) is 51.2 Å². The molecule has 24 heavy (non-hydrogen) atoms. The number of benzene rings is 1. The molecule has 134 valence electrons. The van der Waals surface area contributed by atoms with E-state index < -0.39 is 5.60 Å². The second-order valence-corrected chi connectivity index (χ2v) is 7.25. The van der Waals surface area contributed by atoms with Gasteiger partial charge in [0.15, 0.2) is 11.5 Å². The lowest BCUT2D eigenvalue weighted by Crippen LogP contribution is -2.37. The molecule has 1 aromatic rings. The normalized spacial score (nSPS) is 13.2. The zero-order chi connectivity index (χ0) is 17.7. The van der Waals surface area contributed by atoms with Crippen molar-refractivity contribution >= 4 is 6.09 Å². The summed E-state index contributed by atoms with van der Waals surface area (Å²) in [5.41, 5.74) is 0.487. The third-order valence-electron chi connectivity index (χ3n) is 3.50. The molecule has 0 aliphatic carbocycles. The first kappa shape index (κ1) is 18.4. The van der Waals surface area contributed by atoms with E-state index in [9.17, 15) is 4.79 Å². The van der Waals surface area contributed by atoms with E-state index in [-0.39, 0.29) is 12.9 Å². The molecule has 1 heterocycles. The highest BCUT2D eigenvalue weighted by atomic mass is 16.7. The molecule has 0 spiro atoms. The number of nitrogens with zero attached hydrogens (tertiary/aromatic N) is 2. The van der Waals surface area contributed by atoms with Gasteiger partial charge in [0.25, 0.3) is 0 Å². The number of carbonyl (C=O) groups excluding carboxylic acids is 1. The Balaban J connectivity index is 2.05. The Kier molecular flexibility index (Phi) is 5.94. The summed E-state index contributed by atoms with van der Waals surface area (Å²) in [6.07, 6.45) is 0.593. The molecule has 1 amide bonds. The Morgan fingerprint density at radius 2 is 1.88 bits per heavy atom. The van der Waals surface area contributed by atoms with Gasteiger partial charge in [-0.15, -0.1) is 0 Å². The van der Waals surface area contributed by atoms with Crippen molar-refractivity contribution in [3.63, 3.8) is 0 Å². The SMILES string of the molecule is CN(C)CCCN(Cc1ccc2c(c1)OCO2)C(=O)OC(C)(C)C. The number of amides is 1. The monoisotopic (exact) mass is 336 g/mol. The molecule has 0 fully saturated rings. The molecule has 0 aromatic heterocycles. The quantitative estimate of drug-likeness (QED) is 0.799.